The van der Waals surface area contributed by atoms with E-state index in [9.17, 15) is 4.79 Å². The Hall–Kier alpha value is -2.68. The minimum absolute atomic E-state index is 0.249. The fraction of sp³-hybridized carbons (Fsp3) is 0.125. The second-order valence-electron chi connectivity index (χ2n) is 7.10. The number of aryl methyl sites for hydroxylation is 1. The van der Waals surface area contributed by atoms with E-state index in [1.807, 2.05) is 36.4 Å². The van der Waals surface area contributed by atoms with Crippen molar-refractivity contribution >= 4 is 60.6 Å². The molecule has 33 heavy (non-hydrogen) atoms. The van der Waals surface area contributed by atoms with Gasteiger partial charge in [0.25, 0.3) is 5.56 Å². The van der Waals surface area contributed by atoms with E-state index in [4.69, 9.17) is 21.1 Å². The predicted octanol–water partition coefficient (Wildman–Crippen LogP) is 6.35. The number of hydrogen-bond donors (Lipinski definition) is 0. The fourth-order valence-electron chi connectivity index (χ4n) is 3.24. The maximum absolute atomic E-state index is 12.9. The molecule has 3 aromatic carbocycles. The molecular weight excluding hydrogens is 574 g/mol. The van der Waals surface area contributed by atoms with Crippen molar-refractivity contribution in [1.29, 1.82) is 0 Å². The Morgan fingerprint density at radius 2 is 1.94 bits per heavy atom. The Bertz CT molecular complexity index is 1440. The van der Waals surface area contributed by atoms with Crippen LogP contribution in [0.25, 0.3) is 10.9 Å². The maximum Gasteiger partial charge on any atom is 0.282 e. The molecule has 9 heteroatoms. The topological polar surface area (TPSA) is 65.7 Å². The van der Waals surface area contributed by atoms with Gasteiger partial charge in [-0.05, 0) is 64.8 Å². The second kappa shape index (κ2) is 10.1. The summed E-state index contributed by atoms with van der Waals surface area (Å²) in [5.41, 5.74) is 1.95. The van der Waals surface area contributed by atoms with Crippen LogP contribution in [-0.2, 0) is 6.61 Å². The van der Waals surface area contributed by atoms with Crippen molar-refractivity contribution in [2.24, 2.45) is 5.10 Å². The molecule has 6 nitrogen and oxygen atoms in total. The van der Waals surface area contributed by atoms with E-state index in [-0.39, 0.29) is 12.2 Å². The zero-order valence-electron chi connectivity index (χ0n) is 17.7. The molecule has 0 spiro atoms. The van der Waals surface area contributed by atoms with Gasteiger partial charge in [-0.1, -0.05) is 45.7 Å². The SMILES string of the molecule is COc1cc(C=Nn2c(C)nc3ccc(Br)cc3c2=O)cc(Br)c1OCc1ccccc1Cl. The van der Waals surface area contributed by atoms with E-state index in [1.165, 1.54) is 4.68 Å². The van der Waals surface area contributed by atoms with Gasteiger partial charge < -0.3 is 9.47 Å². The van der Waals surface area contributed by atoms with Crippen LogP contribution in [0, 0.1) is 6.92 Å². The number of fused-ring (bicyclic) bond motifs is 1. The molecule has 4 aromatic rings. The zero-order chi connectivity index (χ0) is 23.5. The summed E-state index contributed by atoms with van der Waals surface area (Å²) in [6.07, 6.45) is 1.57. The van der Waals surface area contributed by atoms with Gasteiger partial charge in [0.2, 0.25) is 0 Å². The van der Waals surface area contributed by atoms with Crippen LogP contribution in [0.2, 0.25) is 5.02 Å². The highest BCUT2D eigenvalue weighted by Gasteiger charge is 2.13. The molecule has 1 heterocycles. The van der Waals surface area contributed by atoms with Gasteiger partial charge in [-0.3, -0.25) is 4.79 Å². The largest absolute Gasteiger partial charge is 0.493 e. The number of methoxy groups -OCH3 is 1. The predicted molar refractivity (Wildman–Crippen MR) is 138 cm³/mol. The van der Waals surface area contributed by atoms with Gasteiger partial charge in [-0.2, -0.15) is 9.78 Å². The van der Waals surface area contributed by atoms with Gasteiger partial charge in [0.05, 0.1) is 28.7 Å². The van der Waals surface area contributed by atoms with Gasteiger partial charge >= 0.3 is 0 Å². The summed E-state index contributed by atoms with van der Waals surface area (Å²) >= 11 is 13.2. The lowest BCUT2D eigenvalue weighted by Crippen LogP contribution is -2.20. The molecule has 0 radical (unpaired) electrons. The summed E-state index contributed by atoms with van der Waals surface area (Å²) in [5, 5.41) is 5.49. The molecule has 1 aromatic heterocycles. The van der Waals surface area contributed by atoms with Gasteiger partial charge in [-0.15, -0.1) is 0 Å². The van der Waals surface area contributed by atoms with Crippen molar-refractivity contribution in [3.63, 3.8) is 0 Å². The molecule has 0 unspecified atom stereocenters. The van der Waals surface area contributed by atoms with Crippen molar-refractivity contribution < 1.29 is 9.47 Å². The Morgan fingerprint density at radius 3 is 2.70 bits per heavy atom. The molecule has 0 saturated heterocycles. The number of nitrogens with zero attached hydrogens (tertiary/aromatic N) is 3. The highest BCUT2D eigenvalue weighted by Crippen LogP contribution is 2.37. The summed E-state index contributed by atoms with van der Waals surface area (Å²) in [6.45, 7) is 2.03. The highest BCUT2D eigenvalue weighted by atomic mass is 79.9. The number of hydrogen-bond acceptors (Lipinski definition) is 5. The molecular formula is C24H18Br2ClN3O3. The van der Waals surface area contributed by atoms with Gasteiger partial charge in [0.15, 0.2) is 11.5 Å². The first kappa shape index (κ1) is 23.5. The van der Waals surface area contributed by atoms with Crippen molar-refractivity contribution in [1.82, 2.24) is 9.66 Å². The van der Waals surface area contributed by atoms with Crippen LogP contribution in [-0.4, -0.2) is 23.0 Å². The third-order valence-electron chi connectivity index (χ3n) is 4.87. The smallest absolute Gasteiger partial charge is 0.282 e. The molecule has 0 fully saturated rings. The lowest BCUT2D eigenvalue weighted by atomic mass is 10.2. The number of ether oxygens (including phenoxy) is 2. The molecule has 0 aliphatic rings. The van der Waals surface area contributed by atoms with Gasteiger partial charge in [0, 0.05) is 15.1 Å². The molecule has 0 saturated carbocycles. The number of rotatable bonds is 6. The minimum Gasteiger partial charge on any atom is -0.493 e. The standard InChI is InChI=1S/C24H18Br2ClN3O3/c1-14-29-21-8-7-17(25)11-18(21)24(31)30(14)28-12-15-9-19(26)23(22(10-15)32-2)33-13-16-5-3-4-6-20(16)27/h3-12H,13H2,1-2H3. The Balaban J connectivity index is 1.65. The van der Waals surface area contributed by atoms with Gasteiger partial charge in [0.1, 0.15) is 12.4 Å². The summed E-state index contributed by atoms with van der Waals surface area (Å²) in [4.78, 5) is 17.4. The average molecular weight is 592 g/mol. The molecule has 4 rings (SSSR count). The monoisotopic (exact) mass is 589 g/mol. The van der Waals surface area contributed by atoms with E-state index in [0.717, 1.165) is 10.0 Å². The molecule has 0 aliphatic carbocycles. The van der Waals surface area contributed by atoms with Crippen molar-refractivity contribution in [3.8, 4) is 11.5 Å². The molecule has 168 valence electrons. The molecule has 0 aliphatic heterocycles. The Morgan fingerprint density at radius 1 is 1.15 bits per heavy atom. The third-order valence-corrected chi connectivity index (χ3v) is 6.33. The third kappa shape index (κ3) is 5.13. The second-order valence-corrected chi connectivity index (χ2v) is 9.27. The molecule has 0 atom stereocenters. The maximum atomic E-state index is 12.9. The highest BCUT2D eigenvalue weighted by molar-refractivity contribution is 9.10. The Labute approximate surface area is 212 Å². The van der Waals surface area contributed by atoms with E-state index < -0.39 is 0 Å². The molecule has 0 amide bonds. The summed E-state index contributed by atoms with van der Waals surface area (Å²) in [6, 6.07) is 16.5. The normalized spacial score (nSPS) is 11.3. The average Bonchev–Trinajstić information content (AvgIpc) is 2.79. The first-order valence-electron chi connectivity index (χ1n) is 9.84. The van der Waals surface area contributed by atoms with Crippen LogP contribution in [0.4, 0.5) is 0 Å². The summed E-state index contributed by atoms with van der Waals surface area (Å²) < 4.78 is 14.2. The van der Waals surface area contributed by atoms with Crippen molar-refractivity contribution in [3.05, 3.63) is 95.9 Å². The van der Waals surface area contributed by atoms with E-state index in [2.05, 4.69) is 41.9 Å². The van der Waals surface area contributed by atoms with E-state index >= 15 is 0 Å². The minimum atomic E-state index is -0.249. The van der Waals surface area contributed by atoms with Crippen LogP contribution in [0.1, 0.15) is 17.0 Å². The zero-order valence-corrected chi connectivity index (χ0v) is 21.6. The van der Waals surface area contributed by atoms with Gasteiger partial charge in [-0.25, -0.2) is 4.98 Å². The quantitative estimate of drug-likeness (QED) is 0.245. The molecule has 0 N–H and O–H groups in total. The lowest BCUT2D eigenvalue weighted by Gasteiger charge is -2.14. The number of halogens is 3. The lowest BCUT2D eigenvalue weighted by molar-refractivity contribution is 0.282. The van der Waals surface area contributed by atoms with Crippen LogP contribution in [0.15, 0.2) is 73.4 Å². The summed E-state index contributed by atoms with van der Waals surface area (Å²) in [7, 11) is 1.56. The van der Waals surface area contributed by atoms with Crippen LogP contribution >= 0.6 is 43.5 Å². The first-order chi connectivity index (χ1) is 15.9. The van der Waals surface area contributed by atoms with Crippen LogP contribution in [0.5, 0.6) is 11.5 Å². The number of aromatic nitrogens is 2. The fourth-order valence-corrected chi connectivity index (χ4v) is 4.37. The van der Waals surface area contributed by atoms with Crippen molar-refractivity contribution in [2.75, 3.05) is 7.11 Å². The van der Waals surface area contributed by atoms with Crippen molar-refractivity contribution in [2.45, 2.75) is 13.5 Å². The van der Waals surface area contributed by atoms with E-state index in [1.54, 1.807) is 38.4 Å². The summed E-state index contributed by atoms with van der Waals surface area (Å²) in [5.74, 6) is 1.54. The first-order valence-corrected chi connectivity index (χ1v) is 11.8. The molecule has 0 bridgehead atoms. The van der Waals surface area contributed by atoms with Crippen LogP contribution in [0.3, 0.4) is 0 Å². The number of benzene rings is 3. The Kier molecular flexibility index (Phi) is 7.17. The van der Waals surface area contributed by atoms with Crippen LogP contribution < -0.4 is 15.0 Å². The van der Waals surface area contributed by atoms with E-state index in [0.29, 0.717) is 43.3 Å².